The van der Waals surface area contributed by atoms with E-state index in [1.54, 1.807) is 18.2 Å². The lowest BCUT2D eigenvalue weighted by Crippen LogP contribution is -2.13. The maximum atomic E-state index is 12.2. The zero-order valence-corrected chi connectivity index (χ0v) is 11.9. The summed E-state index contributed by atoms with van der Waals surface area (Å²) >= 11 is 11.6. The monoisotopic (exact) mass is 316 g/mol. The number of anilines is 2. The van der Waals surface area contributed by atoms with E-state index in [-0.39, 0.29) is 9.92 Å². The molecule has 2 rings (SSSR count). The van der Waals surface area contributed by atoms with Crippen molar-refractivity contribution in [3.8, 4) is 0 Å². The van der Waals surface area contributed by atoms with Crippen LogP contribution in [0.25, 0.3) is 0 Å². The van der Waals surface area contributed by atoms with Crippen molar-refractivity contribution in [2.75, 3.05) is 10.5 Å². The number of nitrogen functional groups attached to an aromatic ring is 1. The van der Waals surface area contributed by atoms with Gasteiger partial charge >= 0.3 is 0 Å². The molecule has 4 nitrogen and oxygen atoms in total. The maximum absolute atomic E-state index is 12.2. The van der Waals surface area contributed by atoms with Gasteiger partial charge in [-0.25, -0.2) is 8.42 Å². The van der Waals surface area contributed by atoms with E-state index in [1.165, 1.54) is 24.3 Å². The standard InChI is InChI=1S/C12H10Cl2N2O2S/c13-8-4-5-12(11(14)6-8)19(17,18)16-10-3-1-2-9(15)7-10/h1-7,16H,15H2. The lowest BCUT2D eigenvalue weighted by atomic mass is 10.3. The van der Waals surface area contributed by atoms with Gasteiger partial charge in [0, 0.05) is 10.7 Å². The van der Waals surface area contributed by atoms with Gasteiger partial charge in [-0.2, -0.15) is 0 Å². The van der Waals surface area contributed by atoms with Gasteiger partial charge in [0.1, 0.15) is 4.90 Å². The molecule has 0 unspecified atom stereocenters. The molecule has 100 valence electrons. The minimum atomic E-state index is -3.77. The average molecular weight is 317 g/mol. The van der Waals surface area contributed by atoms with Crippen LogP contribution < -0.4 is 10.5 Å². The van der Waals surface area contributed by atoms with E-state index in [4.69, 9.17) is 28.9 Å². The Morgan fingerprint density at radius 2 is 1.79 bits per heavy atom. The molecule has 0 spiro atoms. The number of sulfonamides is 1. The Hall–Kier alpha value is -1.43. The molecule has 19 heavy (non-hydrogen) atoms. The molecule has 0 aliphatic heterocycles. The lowest BCUT2D eigenvalue weighted by molar-refractivity contribution is 0.601. The third kappa shape index (κ3) is 3.32. The zero-order valence-electron chi connectivity index (χ0n) is 9.60. The Labute approximate surface area is 121 Å². The summed E-state index contributed by atoms with van der Waals surface area (Å²) in [5.74, 6) is 0. The van der Waals surface area contributed by atoms with Crippen molar-refractivity contribution >= 4 is 44.6 Å². The van der Waals surface area contributed by atoms with E-state index in [0.29, 0.717) is 16.4 Å². The number of hydrogen-bond donors (Lipinski definition) is 2. The SMILES string of the molecule is Nc1cccc(NS(=O)(=O)c2ccc(Cl)cc2Cl)c1. The number of hydrogen-bond acceptors (Lipinski definition) is 3. The van der Waals surface area contributed by atoms with E-state index < -0.39 is 10.0 Å². The zero-order chi connectivity index (χ0) is 14.0. The molecule has 0 radical (unpaired) electrons. The highest BCUT2D eigenvalue weighted by molar-refractivity contribution is 7.92. The number of halogens is 2. The van der Waals surface area contributed by atoms with Gasteiger partial charge < -0.3 is 5.73 Å². The summed E-state index contributed by atoms with van der Waals surface area (Å²) in [6.45, 7) is 0. The van der Waals surface area contributed by atoms with Crippen molar-refractivity contribution in [1.29, 1.82) is 0 Å². The fraction of sp³-hybridized carbons (Fsp3) is 0. The molecule has 0 saturated carbocycles. The first-order valence-electron chi connectivity index (χ1n) is 5.22. The van der Waals surface area contributed by atoms with Gasteiger partial charge in [-0.1, -0.05) is 29.3 Å². The molecular weight excluding hydrogens is 307 g/mol. The summed E-state index contributed by atoms with van der Waals surface area (Å²) in [5.41, 5.74) is 6.41. The van der Waals surface area contributed by atoms with Crippen molar-refractivity contribution in [1.82, 2.24) is 0 Å². The molecule has 2 aromatic rings. The van der Waals surface area contributed by atoms with Gasteiger partial charge in [-0.15, -0.1) is 0 Å². The van der Waals surface area contributed by atoms with Crippen molar-refractivity contribution in [3.63, 3.8) is 0 Å². The molecular formula is C12H10Cl2N2O2S. The fourth-order valence-electron chi connectivity index (χ4n) is 1.51. The predicted octanol–water partition coefficient (Wildman–Crippen LogP) is 3.38. The summed E-state index contributed by atoms with van der Waals surface area (Å²) in [5, 5.41) is 0.428. The van der Waals surface area contributed by atoms with Gasteiger partial charge in [0.15, 0.2) is 0 Å². The molecule has 0 fully saturated rings. The molecule has 0 heterocycles. The van der Waals surface area contributed by atoms with Crippen LogP contribution in [0.5, 0.6) is 0 Å². The highest BCUT2D eigenvalue weighted by Gasteiger charge is 2.18. The molecule has 0 atom stereocenters. The van der Waals surface area contributed by atoms with Crippen LogP contribution in [0.3, 0.4) is 0 Å². The van der Waals surface area contributed by atoms with Crippen molar-refractivity contribution in [2.45, 2.75) is 4.90 Å². The average Bonchev–Trinajstić information content (AvgIpc) is 2.27. The normalized spacial score (nSPS) is 11.3. The Bertz CT molecular complexity index is 717. The van der Waals surface area contributed by atoms with Gasteiger partial charge in [0.2, 0.25) is 0 Å². The van der Waals surface area contributed by atoms with Gasteiger partial charge in [0.25, 0.3) is 10.0 Å². The maximum Gasteiger partial charge on any atom is 0.263 e. The second-order valence-electron chi connectivity index (χ2n) is 3.81. The molecule has 0 aliphatic rings. The van der Waals surface area contributed by atoms with Crippen LogP contribution in [0.2, 0.25) is 10.0 Å². The first-order valence-corrected chi connectivity index (χ1v) is 7.46. The summed E-state index contributed by atoms with van der Waals surface area (Å²) in [6, 6.07) is 10.6. The van der Waals surface area contributed by atoms with Crippen molar-refractivity contribution in [2.24, 2.45) is 0 Å². The van der Waals surface area contributed by atoms with Gasteiger partial charge in [0.05, 0.1) is 10.7 Å². The van der Waals surface area contributed by atoms with Crippen LogP contribution in [0.4, 0.5) is 11.4 Å². The first kappa shape index (κ1) is 14.0. The molecule has 0 saturated heterocycles. The second-order valence-corrected chi connectivity index (χ2v) is 6.30. The smallest absolute Gasteiger partial charge is 0.263 e. The van der Waals surface area contributed by atoms with E-state index in [0.717, 1.165) is 0 Å². The molecule has 0 aliphatic carbocycles. The third-order valence-electron chi connectivity index (χ3n) is 2.32. The van der Waals surface area contributed by atoms with Crippen molar-refractivity contribution < 1.29 is 8.42 Å². The Morgan fingerprint density at radius 3 is 2.42 bits per heavy atom. The van der Waals surface area contributed by atoms with E-state index >= 15 is 0 Å². The minimum Gasteiger partial charge on any atom is -0.399 e. The van der Waals surface area contributed by atoms with Crippen LogP contribution >= 0.6 is 23.2 Å². The Morgan fingerprint density at radius 1 is 1.05 bits per heavy atom. The van der Waals surface area contributed by atoms with Crippen LogP contribution in [-0.2, 0) is 10.0 Å². The number of rotatable bonds is 3. The topological polar surface area (TPSA) is 72.2 Å². The molecule has 2 aromatic carbocycles. The van der Waals surface area contributed by atoms with Crippen molar-refractivity contribution in [3.05, 3.63) is 52.5 Å². The summed E-state index contributed by atoms with van der Waals surface area (Å²) < 4.78 is 26.7. The molecule has 0 bridgehead atoms. The number of benzene rings is 2. The second kappa shape index (κ2) is 5.28. The van der Waals surface area contributed by atoms with E-state index in [1.807, 2.05) is 0 Å². The predicted molar refractivity (Wildman–Crippen MR) is 78.1 cm³/mol. The fourth-order valence-corrected chi connectivity index (χ4v) is 3.33. The molecule has 0 amide bonds. The highest BCUT2D eigenvalue weighted by Crippen LogP contribution is 2.27. The van der Waals surface area contributed by atoms with Crippen LogP contribution in [0, 0.1) is 0 Å². The largest absolute Gasteiger partial charge is 0.399 e. The van der Waals surface area contributed by atoms with E-state index in [9.17, 15) is 8.42 Å². The van der Waals surface area contributed by atoms with Crippen LogP contribution in [0.1, 0.15) is 0 Å². The molecule has 7 heteroatoms. The summed E-state index contributed by atoms with van der Waals surface area (Å²) in [7, 11) is -3.77. The van der Waals surface area contributed by atoms with Crippen LogP contribution in [-0.4, -0.2) is 8.42 Å². The Kier molecular flexibility index (Phi) is 3.89. The van der Waals surface area contributed by atoms with Gasteiger partial charge in [-0.3, -0.25) is 4.72 Å². The minimum absolute atomic E-state index is 0.0407. The quantitative estimate of drug-likeness (QED) is 0.853. The third-order valence-corrected chi connectivity index (χ3v) is 4.42. The molecule has 0 aromatic heterocycles. The Balaban J connectivity index is 2.38. The summed E-state index contributed by atoms with van der Waals surface area (Å²) in [6.07, 6.45) is 0. The number of nitrogens with one attached hydrogen (secondary N) is 1. The first-order chi connectivity index (χ1) is 8.88. The number of nitrogens with two attached hydrogens (primary N) is 1. The van der Waals surface area contributed by atoms with Crippen LogP contribution in [0.15, 0.2) is 47.4 Å². The highest BCUT2D eigenvalue weighted by atomic mass is 35.5. The van der Waals surface area contributed by atoms with E-state index in [2.05, 4.69) is 4.72 Å². The molecule has 3 N–H and O–H groups in total. The lowest BCUT2D eigenvalue weighted by Gasteiger charge is -2.10. The summed E-state index contributed by atoms with van der Waals surface area (Å²) in [4.78, 5) is -0.0407. The van der Waals surface area contributed by atoms with Gasteiger partial charge in [-0.05, 0) is 36.4 Å².